The van der Waals surface area contributed by atoms with Gasteiger partial charge < -0.3 is 34.4 Å². The number of aromatic nitrogens is 4. The zero-order chi connectivity index (χ0) is 33.6. The van der Waals surface area contributed by atoms with Gasteiger partial charge in [-0.3, -0.25) is 19.1 Å². The van der Waals surface area contributed by atoms with Crippen molar-refractivity contribution in [1.29, 1.82) is 0 Å². The standard InChI is InChI=1S/C35H39N7O6/c1-22-28-21-37-33(44)27(18-24-20-36-26-9-5-4-8-25(24)26)39-32(43)10-6-15-42(35(45)29-13-14-38-41(29)2)16-7-17-47-30-12-11-23(19-31(30)46-3)34(40-28)48-22/h4-5,8-9,11-14,19-20,27,36H,6-7,10,15-18,21H2,1-3H3,(H,37,44)(H,39,43)/t27-/m0/s1. The van der Waals surface area contributed by atoms with Crippen LogP contribution in [-0.2, 0) is 29.6 Å². The molecule has 0 spiro atoms. The number of ether oxygens (including phenoxy) is 2. The molecule has 2 aromatic carbocycles. The van der Waals surface area contributed by atoms with Crippen LogP contribution in [0.5, 0.6) is 11.5 Å². The zero-order valence-corrected chi connectivity index (χ0v) is 27.2. The van der Waals surface area contributed by atoms with Crippen LogP contribution in [0.3, 0.4) is 0 Å². The number of nitrogens with one attached hydrogen (secondary N) is 3. The third-order valence-corrected chi connectivity index (χ3v) is 8.47. The Morgan fingerprint density at radius 2 is 1.94 bits per heavy atom. The van der Waals surface area contributed by atoms with Crippen LogP contribution in [-0.4, -0.2) is 75.2 Å². The van der Waals surface area contributed by atoms with Crippen molar-refractivity contribution in [3.05, 3.63) is 83.6 Å². The summed E-state index contributed by atoms with van der Waals surface area (Å²) < 4.78 is 19.1. The molecule has 48 heavy (non-hydrogen) atoms. The smallest absolute Gasteiger partial charge is 0.272 e. The van der Waals surface area contributed by atoms with Gasteiger partial charge in [-0.2, -0.15) is 5.10 Å². The molecule has 250 valence electrons. The van der Waals surface area contributed by atoms with E-state index in [0.717, 1.165) is 16.5 Å². The Hall–Kier alpha value is -5.59. The van der Waals surface area contributed by atoms with E-state index in [1.54, 1.807) is 50.4 Å². The number of rotatable bonds is 4. The molecule has 0 unspecified atom stereocenters. The van der Waals surface area contributed by atoms with Gasteiger partial charge in [0, 0.05) is 61.8 Å². The van der Waals surface area contributed by atoms with E-state index in [1.165, 1.54) is 4.68 Å². The molecule has 0 radical (unpaired) electrons. The summed E-state index contributed by atoms with van der Waals surface area (Å²) in [6, 6.07) is 14.1. The SMILES string of the molecule is COc1cc2ccc1OCCCN(C(=O)c1ccnn1C)CCCC(=O)N[C@@H](Cc1c[nH]c3ccccc13)C(=O)NCc1nc-2oc1C. The number of fused-ring (bicyclic) bond motifs is 16. The molecular weight excluding hydrogens is 614 g/mol. The predicted molar refractivity (Wildman–Crippen MR) is 177 cm³/mol. The van der Waals surface area contributed by atoms with E-state index in [4.69, 9.17) is 13.9 Å². The second kappa shape index (κ2) is 14.4. The van der Waals surface area contributed by atoms with Crippen molar-refractivity contribution in [2.24, 2.45) is 7.05 Å². The van der Waals surface area contributed by atoms with Crippen LogP contribution in [0.25, 0.3) is 22.4 Å². The zero-order valence-electron chi connectivity index (χ0n) is 27.2. The first-order valence-corrected chi connectivity index (χ1v) is 16.0. The van der Waals surface area contributed by atoms with Gasteiger partial charge in [-0.1, -0.05) is 18.2 Å². The van der Waals surface area contributed by atoms with Gasteiger partial charge in [0.05, 0.1) is 20.3 Å². The number of para-hydroxylation sites is 1. The average Bonchev–Trinajstić information content (AvgIpc) is 3.81. The monoisotopic (exact) mass is 653 g/mol. The minimum atomic E-state index is -0.848. The summed E-state index contributed by atoms with van der Waals surface area (Å²) in [7, 11) is 3.28. The number of aryl methyl sites for hydroxylation is 2. The molecule has 0 saturated carbocycles. The maximum atomic E-state index is 13.7. The summed E-state index contributed by atoms with van der Waals surface area (Å²) in [5.74, 6) is 1.18. The number of hydrogen-bond acceptors (Lipinski definition) is 8. The second-order valence-corrected chi connectivity index (χ2v) is 11.7. The molecule has 3 aromatic heterocycles. The van der Waals surface area contributed by atoms with Crippen LogP contribution in [0.1, 0.15) is 46.8 Å². The van der Waals surface area contributed by atoms with Crippen molar-refractivity contribution >= 4 is 28.6 Å². The lowest BCUT2D eigenvalue weighted by Gasteiger charge is -2.23. The Morgan fingerprint density at radius 3 is 2.75 bits per heavy atom. The topological polar surface area (TPSA) is 157 Å². The third-order valence-electron chi connectivity index (χ3n) is 8.47. The minimum Gasteiger partial charge on any atom is -0.493 e. The largest absolute Gasteiger partial charge is 0.493 e. The van der Waals surface area contributed by atoms with Gasteiger partial charge >= 0.3 is 0 Å². The number of nitrogens with zero attached hydrogens (tertiary/aromatic N) is 4. The van der Waals surface area contributed by atoms with Crippen LogP contribution >= 0.6 is 0 Å². The van der Waals surface area contributed by atoms with E-state index < -0.39 is 6.04 Å². The van der Waals surface area contributed by atoms with Crippen LogP contribution in [0.4, 0.5) is 0 Å². The number of carbonyl (C=O) groups excluding carboxylic acids is 3. The molecule has 2 aliphatic heterocycles. The molecule has 3 amide bonds. The lowest BCUT2D eigenvalue weighted by atomic mass is 10.0. The van der Waals surface area contributed by atoms with E-state index in [1.807, 2.05) is 36.5 Å². The molecule has 7 rings (SSSR count). The van der Waals surface area contributed by atoms with Gasteiger partial charge in [0.15, 0.2) is 11.5 Å². The number of oxazole rings is 1. The lowest BCUT2D eigenvalue weighted by Crippen LogP contribution is -2.48. The molecule has 5 heterocycles. The molecule has 5 aromatic rings. The molecule has 13 heteroatoms. The van der Waals surface area contributed by atoms with Gasteiger partial charge in [0.1, 0.15) is 23.2 Å². The Balaban J connectivity index is 1.27. The second-order valence-electron chi connectivity index (χ2n) is 11.7. The average molecular weight is 654 g/mol. The number of H-pyrrole nitrogens is 1. The van der Waals surface area contributed by atoms with E-state index in [2.05, 4.69) is 25.7 Å². The highest BCUT2D eigenvalue weighted by Gasteiger charge is 2.25. The first-order chi connectivity index (χ1) is 23.3. The van der Waals surface area contributed by atoms with Gasteiger partial charge in [-0.15, -0.1) is 0 Å². The molecule has 1 atom stereocenters. The summed E-state index contributed by atoms with van der Waals surface area (Å²) in [5, 5.41) is 11.0. The summed E-state index contributed by atoms with van der Waals surface area (Å²) in [6.07, 6.45) is 4.78. The van der Waals surface area contributed by atoms with Crippen molar-refractivity contribution in [2.75, 3.05) is 26.8 Å². The Bertz CT molecular complexity index is 1930. The lowest BCUT2D eigenvalue weighted by molar-refractivity contribution is -0.129. The molecule has 13 nitrogen and oxygen atoms in total. The van der Waals surface area contributed by atoms with Crippen LogP contribution in [0.15, 0.2) is 65.3 Å². The number of amides is 3. The number of methoxy groups -OCH3 is 1. The highest BCUT2D eigenvalue weighted by molar-refractivity contribution is 5.92. The van der Waals surface area contributed by atoms with E-state index in [0.29, 0.717) is 72.6 Å². The van der Waals surface area contributed by atoms with Crippen molar-refractivity contribution in [3.8, 4) is 23.0 Å². The van der Waals surface area contributed by atoms with Gasteiger partial charge in [-0.25, -0.2) is 4.98 Å². The highest BCUT2D eigenvalue weighted by atomic mass is 16.5. The third kappa shape index (κ3) is 7.19. The number of benzene rings is 2. The fourth-order valence-electron chi connectivity index (χ4n) is 5.85. The van der Waals surface area contributed by atoms with E-state index >= 15 is 0 Å². The highest BCUT2D eigenvalue weighted by Crippen LogP contribution is 2.33. The first kappa shape index (κ1) is 32.4. The Labute approximate surface area is 277 Å². The van der Waals surface area contributed by atoms with Crippen molar-refractivity contribution < 1.29 is 28.3 Å². The van der Waals surface area contributed by atoms with Crippen LogP contribution in [0.2, 0.25) is 0 Å². The minimum absolute atomic E-state index is 0.109. The number of hydrogen-bond donors (Lipinski definition) is 3. The molecule has 2 aliphatic rings. The maximum Gasteiger partial charge on any atom is 0.272 e. The Morgan fingerprint density at radius 1 is 1.10 bits per heavy atom. The fraction of sp³-hybridized carbons (Fsp3) is 0.343. The van der Waals surface area contributed by atoms with Gasteiger partial charge in [-0.05, 0) is 55.7 Å². The first-order valence-electron chi connectivity index (χ1n) is 16.0. The maximum absolute atomic E-state index is 13.7. The normalized spacial score (nSPS) is 16.6. The molecule has 0 fully saturated rings. The number of aromatic amines is 1. The molecule has 0 saturated heterocycles. The van der Waals surface area contributed by atoms with Gasteiger partial charge in [0.2, 0.25) is 17.7 Å². The summed E-state index contributed by atoms with van der Waals surface area (Å²) in [6.45, 7) is 2.96. The molecule has 3 N–H and O–H groups in total. The summed E-state index contributed by atoms with van der Waals surface area (Å²) >= 11 is 0. The van der Waals surface area contributed by atoms with Crippen molar-refractivity contribution in [3.63, 3.8) is 0 Å². The van der Waals surface area contributed by atoms with Crippen LogP contribution < -0.4 is 20.1 Å². The summed E-state index contributed by atoms with van der Waals surface area (Å²) in [4.78, 5) is 50.0. The Kier molecular flexibility index (Phi) is 9.74. The predicted octanol–water partition coefficient (Wildman–Crippen LogP) is 3.92. The molecular formula is C35H39N7O6. The molecule has 4 bridgehead atoms. The number of carbonyl (C=O) groups is 3. The van der Waals surface area contributed by atoms with Crippen molar-refractivity contribution in [2.45, 2.75) is 45.2 Å². The van der Waals surface area contributed by atoms with Gasteiger partial charge in [0.25, 0.3) is 5.91 Å². The quantitative estimate of drug-likeness (QED) is 0.264. The van der Waals surface area contributed by atoms with Crippen LogP contribution in [0, 0.1) is 6.92 Å². The molecule has 0 aliphatic carbocycles. The summed E-state index contributed by atoms with van der Waals surface area (Å²) in [5.41, 5.74) is 3.55. The fourth-order valence-corrected chi connectivity index (χ4v) is 5.85. The van der Waals surface area contributed by atoms with E-state index in [9.17, 15) is 14.4 Å². The van der Waals surface area contributed by atoms with E-state index in [-0.39, 0.29) is 37.1 Å². The van der Waals surface area contributed by atoms with Crippen molar-refractivity contribution in [1.82, 2.24) is 35.3 Å².